The summed E-state index contributed by atoms with van der Waals surface area (Å²) in [5.74, 6) is 1.57. The van der Waals surface area contributed by atoms with Crippen LogP contribution in [0.1, 0.15) is 19.3 Å². The monoisotopic (exact) mass is 202 g/mol. The van der Waals surface area contributed by atoms with Crippen LogP contribution in [0, 0.1) is 5.92 Å². The lowest BCUT2D eigenvalue weighted by atomic mass is 9.85. The van der Waals surface area contributed by atoms with Gasteiger partial charge in [-0.25, -0.2) is 4.52 Å². The van der Waals surface area contributed by atoms with E-state index in [1.54, 1.807) is 4.52 Å². The maximum atomic E-state index is 4.38. The molecule has 1 saturated carbocycles. The summed E-state index contributed by atoms with van der Waals surface area (Å²) in [6.45, 7) is 1.01. The van der Waals surface area contributed by atoms with E-state index < -0.39 is 0 Å². The molecule has 1 fully saturated rings. The molecule has 1 aliphatic carbocycles. The van der Waals surface area contributed by atoms with Crippen molar-refractivity contribution in [3.05, 3.63) is 24.4 Å². The SMILES string of the molecule is c1ccn2nc(NCC3CCC3)nc2c1. The van der Waals surface area contributed by atoms with Gasteiger partial charge in [-0.05, 0) is 30.9 Å². The van der Waals surface area contributed by atoms with Crippen LogP contribution in [0.25, 0.3) is 5.65 Å². The molecule has 2 aromatic rings. The fourth-order valence-corrected chi connectivity index (χ4v) is 1.84. The molecule has 0 amide bonds. The van der Waals surface area contributed by atoms with E-state index in [2.05, 4.69) is 15.4 Å². The van der Waals surface area contributed by atoms with Crippen molar-refractivity contribution < 1.29 is 0 Å². The van der Waals surface area contributed by atoms with E-state index in [-0.39, 0.29) is 0 Å². The van der Waals surface area contributed by atoms with Crippen LogP contribution < -0.4 is 5.32 Å². The Labute approximate surface area is 88.3 Å². The third-order valence-electron chi connectivity index (χ3n) is 3.01. The van der Waals surface area contributed by atoms with Crippen LogP contribution in [-0.4, -0.2) is 21.1 Å². The smallest absolute Gasteiger partial charge is 0.243 e. The Hall–Kier alpha value is -1.58. The van der Waals surface area contributed by atoms with E-state index in [0.29, 0.717) is 0 Å². The molecule has 1 aliphatic rings. The number of rotatable bonds is 3. The van der Waals surface area contributed by atoms with Gasteiger partial charge in [-0.1, -0.05) is 12.5 Å². The van der Waals surface area contributed by atoms with Crippen molar-refractivity contribution in [2.75, 3.05) is 11.9 Å². The lowest BCUT2D eigenvalue weighted by Gasteiger charge is -2.24. The molecule has 4 nitrogen and oxygen atoms in total. The van der Waals surface area contributed by atoms with Gasteiger partial charge in [-0.3, -0.25) is 0 Å². The topological polar surface area (TPSA) is 42.2 Å². The Bertz CT molecular complexity index is 425. The van der Waals surface area contributed by atoms with E-state index in [9.17, 15) is 0 Å². The minimum absolute atomic E-state index is 0.744. The zero-order chi connectivity index (χ0) is 10.1. The van der Waals surface area contributed by atoms with Crippen molar-refractivity contribution in [3.63, 3.8) is 0 Å². The first kappa shape index (κ1) is 8.71. The Kier molecular flexibility index (Phi) is 2.05. The van der Waals surface area contributed by atoms with Gasteiger partial charge in [0.05, 0.1) is 0 Å². The van der Waals surface area contributed by atoms with Crippen molar-refractivity contribution in [1.29, 1.82) is 0 Å². The molecule has 0 radical (unpaired) electrons. The molecule has 0 saturated heterocycles. The largest absolute Gasteiger partial charge is 0.353 e. The van der Waals surface area contributed by atoms with E-state index in [4.69, 9.17) is 0 Å². The summed E-state index contributed by atoms with van der Waals surface area (Å²) in [6, 6.07) is 5.89. The zero-order valence-corrected chi connectivity index (χ0v) is 8.56. The Morgan fingerprint density at radius 2 is 2.33 bits per heavy atom. The van der Waals surface area contributed by atoms with Crippen LogP contribution in [0.5, 0.6) is 0 Å². The first-order chi connectivity index (χ1) is 7.42. The van der Waals surface area contributed by atoms with Gasteiger partial charge in [0.2, 0.25) is 5.95 Å². The molecule has 0 spiro atoms. The summed E-state index contributed by atoms with van der Waals surface area (Å²) >= 11 is 0. The van der Waals surface area contributed by atoms with Crippen LogP contribution in [0.4, 0.5) is 5.95 Å². The average molecular weight is 202 g/mol. The van der Waals surface area contributed by atoms with Gasteiger partial charge in [0, 0.05) is 12.7 Å². The van der Waals surface area contributed by atoms with Gasteiger partial charge >= 0.3 is 0 Å². The average Bonchev–Trinajstić information content (AvgIpc) is 2.57. The predicted molar refractivity (Wildman–Crippen MR) is 58.8 cm³/mol. The minimum atomic E-state index is 0.744. The maximum absolute atomic E-state index is 4.38. The number of nitrogens with one attached hydrogen (secondary N) is 1. The highest BCUT2D eigenvalue weighted by atomic mass is 15.3. The Balaban J connectivity index is 1.73. The molecule has 0 aliphatic heterocycles. The van der Waals surface area contributed by atoms with Crippen LogP contribution in [0.15, 0.2) is 24.4 Å². The molecule has 1 N–H and O–H groups in total. The normalized spacial score (nSPS) is 16.5. The second kappa shape index (κ2) is 3.53. The molecular weight excluding hydrogens is 188 g/mol. The number of hydrogen-bond acceptors (Lipinski definition) is 3. The summed E-state index contributed by atoms with van der Waals surface area (Å²) in [4.78, 5) is 4.38. The van der Waals surface area contributed by atoms with Crippen molar-refractivity contribution in [2.45, 2.75) is 19.3 Å². The van der Waals surface area contributed by atoms with E-state index in [1.807, 2.05) is 24.4 Å². The van der Waals surface area contributed by atoms with E-state index in [1.165, 1.54) is 19.3 Å². The highest BCUT2D eigenvalue weighted by Gasteiger charge is 2.17. The highest BCUT2D eigenvalue weighted by molar-refractivity contribution is 5.42. The molecule has 4 heteroatoms. The molecule has 0 atom stereocenters. The second-order valence-corrected chi connectivity index (χ2v) is 4.12. The fourth-order valence-electron chi connectivity index (χ4n) is 1.84. The first-order valence-corrected chi connectivity index (χ1v) is 5.47. The Morgan fingerprint density at radius 1 is 1.40 bits per heavy atom. The number of anilines is 1. The van der Waals surface area contributed by atoms with E-state index in [0.717, 1.165) is 24.1 Å². The summed E-state index contributed by atoms with van der Waals surface area (Å²) in [5, 5.41) is 7.63. The molecule has 15 heavy (non-hydrogen) atoms. The van der Waals surface area contributed by atoms with Crippen molar-refractivity contribution in [1.82, 2.24) is 14.6 Å². The van der Waals surface area contributed by atoms with Crippen molar-refractivity contribution >= 4 is 11.6 Å². The van der Waals surface area contributed by atoms with Crippen LogP contribution in [0.2, 0.25) is 0 Å². The quantitative estimate of drug-likeness (QED) is 0.827. The molecule has 0 aromatic carbocycles. The highest BCUT2D eigenvalue weighted by Crippen LogP contribution is 2.26. The summed E-state index contributed by atoms with van der Waals surface area (Å²) < 4.78 is 1.79. The van der Waals surface area contributed by atoms with Gasteiger partial charge in [0.25, 0.3) is 0 Å². The first-order valence-electron chi connectivity index (χ1n) is 5.47. The zero-order valence-electron chi connectivity index (χ0n) is 8.56. The molecular formula is C11H14N4. The lowest BCUT2D eigenvalue weighted by molar-refractivity contribution is 0.333. The molecule has 78 valence electrons. The van der Waals surface area contributed by atoms with Crippen LogP contribution in [-0.2, 0) is 0 Å². The van der Waals surface area contributed by atoms with Crippen LogP contribution >= 0.6 is 0 Å². The van der Waals surface area contributed by atoms with Gasteiger partial charge in [0.15, 0.2) is 5.65 Å². The van der Waals surface area contributed by atoms with Crippen molar-refractivity contribution in [2.24, 2.45) is 5.92 Å². The minimum Gasteiger partial charge on any atom is -0.353 e. The van der Waals surface area contributed by atoms with E-state index >= 15 is 0 Å². The summed E-state index contributed by atoms with van der Waals surface area (Å²) in [5.41, 5.74) is 0.897. The lowest BCUT2D eigenvalue weighted by Crippen LogP contribution is -2.21. The van der Waals surface area contributed by atoms with Gasteiger partial charge in [0.1, 0.15) is 0 Å². The number of hydrogen-bond donors (Lipinski definition) is 1. The third kappa shape index (κ3) is 1.67. The van der Waals surface area contributed by atoms with Gasteiger partial charge in [-0.2, -0.15) is 4.98 Å². The number of fused-ring (bicyclic) bond motifs is 1. The molecule has 0 unspecified atom stereocenters. The van der Waals surface area contributed by atoms with Gasteiger partial charge in [-0.15, -0.1) is 5.10 Å². The van der Waals surface area contributed by atoms with Crippen LogP contribution in [0.3, 0.4) is 0 Å². The fraction of sp³-hybridized carbons (Fsp3) is 0.455. The number of nitrogens with zero attached hydrogens (tertiary/aromatic N) is 3. The molecule has 0 bridgehead atoms. The molecule has 3 rings (SSSR count). The number of aromatic nitrogens is 3. The second-order valence-electron chi connectivity index (χ2n) is 4.12. The molecule has 2 heterocycles. The Morgan fingerprint density at radius 3 is 3.07 bits per heavy atom. The maximum Gasteiger partial charge on any atom is 0.243 e. The third-order valence-corrected chi connectivity index (χ3v) is 3.01. The van der Waals surface area contributed by atoms with Gasteiger partial charge < -0.3 is 5.32 Å². The summed E-state index contributed by atoms with van der Waals surface area (Å²) in [7, 11) is 0. The predicted octanol–water partition coefficient (Wildman–Crippen LogP) is 1.94. The molecule has 2 aromatic heterocycles. The van der Waals surface area contributed by atoms with Crippen molar-refractivity contribution in [3.8, 4) is 0 Å². The number of pyridine rings is 1. The summed E-state index contributed by atoms with van der Waals surface area (Å²) in [6.07, 6.45) is 5.99. The standard InChI is InChI=1S/C11H14N4/c1-2-7-15-10(6-1)13-11(14-15)12-8-9-4-3-5-9/h1-2,6-7,9H,3-5,8H2,(H,12,14).